The van der Waals surface area contributed by atoms with Gasteiger partial charge in [-0.1, -0.05) is 18.2 Å². The lowest BCUT2D eigenvalue weighted by atomic mass is 10.2. The highest BCUT2D eigenvalue weighted by Crippen LogP contribution is 2.05. The molecular weight excluding hydrogens is 202 g/mol. The number of carbonyl (C=O) groups excluding carboxylic acids is 1. The lowest BCUT2D eigenvalue weighted by molar-refractivity contribution is -0.138. The van der Waals surface area contributed by atoms with Crippen LogP contribution in [0.5, 0.6) is 0 Å². The summed E-state index contributed by atoms with van der Waals surface area (Å²) in [6, 6.07) is 3.77. The molecule has 0 radical (unpaired) electrons. The van der Waals surface area contributed by atoms with Crippen molar-refractivity contribution in [3.63, 3.8) is 0 Å². The van der Waals surface area contributed by atoms with Crippen LogP contribution in [-0.2, 0) is 9.53 Å². The molecule has 1 rings (SSSR count). The van der Waals surface area contributed by atoms with Gasteiger partial charge in [0.05, 0.1) is 12.2 Å². The molecule has 3 nitrogen and oxygen atoms in total. The molecular formula is C13H15NO2. The van der Waals surface area contributed by atoms with Crippen molar-refractivity contribution in [1.29, 1.82) is 0 Å². The Bertz CT molecular complexity index is 394. The third-order valence-electron chi connectivity index (χ3n) is 1.96. The van der Waals surface area contributed by atoms with E-state index in [0.29, 0.717) is 12.2 Å². The lowest BCUT2D eigenvalue weighted by Gasteiger charge is -2.01. The van der Waals surface area contributed by atoms with Crippen molar-refractivity contribution in [2.45, 2.75) is 13.8 Å². The average molecular weight is 217 g/mol. The highest BCUT2D eigenvalue weighted by Gasteiger charge is 2.04. The van der Waals surface area contributed by atoms with Gasteiger partial charge in [0, 0.05) is 12.4 Å². The Morgan fingerprint density at radius 1 is 1.56 bits per heavy atom. The molecule has 0 saturated heterocycles. The van der Waals surface area contributed by atoms with Crippen LogP contribution < -0.4 is 0 Å². The number of hydrogen-bond donors (Lipinski definition) is 0. The van der Waals surface area contributed by atoms with Gasteiger partial charge in [0.25, 0.3) is 0 Å². The van der Waals surface area contributed by atoms with Gasteiger partial charge >= 0.3 is 5.97 Å². The number of rotatable bonds is 4. The topological polar surface area (TPSA) is 39.2 Å². The quantitative estimate of drug-likeness (QED) is 0.442. The number of ether oxygens (including phenoxy) is 1. The van der Waals surface area contributed by atoms with Crippen molar-refractivity contribution in [3.05, 3.63) is 47.8 Å². The zero-order valence-corrected chi connectivity index (χ0v) is 9.51. The first-order valence-corrected chi connectivity index (χ1v) is 5.19. The minimum absolute atomic E-state index is 0.301. The summed E-state index contributed by atoms with van der Waals surface area (Å²) < 4.78 is 4.91. The van der Waals surface area contributed by atoms with E-state index in [1.165, 1.54) is 0 Å². The highest BCUT2D eigenvalue weighted by molar-refractivity contribution is 5.92. The van der Waals surface area contributed by atoms with E-state index in [0.717, 1.165) is 5.56 Å². The highest BCUT2D eigenvalue weighted by atomic mass is 16.5. The number of nitrogens with zero attached hydrogens (tertiary/aromatic N) is 1. The van der Waals surface area contributed by atoms with Crippen molar-refractivity contribution in [2.24, 2.45) is 0 Å². The first kappa shape index (κ1) is 12.2. The van der Waals surface area contributed by atoms with Crippen LogP contribution in [0.4, 0.5) is 0 Å². The second kappa shape index (κ2) is 6.56. The maximum atomic E-state index is 11.4. The maximum absolute atomic E-state index is 11.4. The summed E-state index contributed by atoms with van der Waals surface area (Å²) in [5, 5.41) is 0. The predicted octanol–water partition coefficient (Wildman–Crippen LogP) is 2.60. The maximum Gasteiger partial charge on any atom is 0.337 e. The van der Waals surface area contributed by atoms with Gasteiger partial charge in [-0.25, -0.2) is 4.79 Å². The normalized spacial score (nSPS) is 11.8. The van der Waals surface area contributed by atoms with Gasteiger partial charge in [0.1, 0.15) is 0 Å². The van der Waals surface area contributed by atoms with Gasteiger partial charge in [-0.3, -0.25) is 4.98 Å². The molecule has 1 aromatic heterocycles. The van der Waals surface area contributed by atoms with Crippen molar-refractivity contribution in [1.82, 2.24) is 4.98 Å². The minimum atomic E-state index is -0.301. The van der Waals surface area contributed by atoms with Crippen LogP contribution in [0, 0.1) is 0 Å². The summed E-state index contributed by atoms with van der Waals surface area (Å²) in [6.07, 6.45) is 8.73. The van der Waals surface area contributed by atoms with Crippen molar-refractivity contribution in [2.75, 3.05) is 6.61 Å². The van der Waals surface area contributed by atoms with E-state index in [9.17, 15) is 4.79 Å². The molecule has 0 unspecified atom stereocenters. The molecule has 0 aromatic carbocycles. The summed E-state index contributed by atoms with van der Waals surface area (Å²) in [5.41, 5.74) is 1.50. The SMILES string of the molecule is C/C=C(\C=C\c1cccnc1)C(=O)OCC. The van der Waals surface area contributed by atoms with Crippen LogP contribution in [0.1, 0.15) is 19.4 Å². The molecule has 0 atom stereocenters. The lowest BCUT2D eigenvalue weighted by Crippen LogP contribution is -2.05. The Balaban J connectivity index is 2.72. The van der Waals surface area contributed by atoms with Crippen molar-refractivity contribution < 1.29 is 9.53 Å². The fourth-order valence-electron chi connectivity index (χ4n) is 1.16. The molecule has 0 aliphatic rings. The number of allylic oxidation sites excluding steroid dienone is 1. The molecule has 84 valence electrons. The Labute approximate surface area is 95.5 Å². The molecule has 0 aliphatic heterocycles. The van der Waals surface area contributed by atoms with Gasteiger partial charge in [0.2, 0.25) is 0 Å². The van der Waals surface area contributed by atoms with Crippen LogP contribution >= 0.6 is 0 Å². The average Bonchev–Trinajstić information content (AvgIpc) is 2.31. The number of aromatic nitrogens is 1. The molecule has 0 fully saturated rings. The van der Waals surface area contributed by atoms with E-state index < -0.39 is 0 Å². The van der Waals surface area contributed by atoms with Crippen LogP contribution in [0.25, 0.3) is 6.08 Å². The Morgan fingerprint density at radius 2 is 2.38 bits per heavy atom. The number of carbonyl (C=O) groups is 1. The van der Waals surface area contributed by atoms with Crippen LogP contribution in [0.3, 0.4) is 0 Å². The predicted molar refractivity (Wildman–Crippen MR) is 63.7 cm³/mol. The van der Waals surface area contributed by atoms with Crippen molar-refractivity contribution >= 4 is 12.0 Å². The van der Waals surface area contributed by atoms with Gasteiger partial charge in [0.15, 0.2) is 0 Å². The molecule has 1 aromatic rings. The second-order valence-corrected chi connectivity index (χ2v) is 3.08. The minimum Gasteiger partial charge on any atom is -0.462 e. The third-order valence-corrected chi connectivity index (χ3v) is 1.96. The molecule has 16 heavy (non-hydrogen) atoms. The summed E-state index contributed by atoms with van der Waals surface area (Å²) >= 11 is 0. The first-order valence-electron chi connectivity index (χ1n) is 5.19. The van der Waals surface area contributed by atoms with E-state index in [-0.39, 0.29) is 5.97 Å². The van der Waals surface area contributed by atoms with E-state index in [1.54, 1.807) is 38.4 Å². The molecule has 0 N–H and O–H groups in total. The van der Waals surface area contributed by atoms with E-state index in [2.05, 4.69) is 4.98 Å². The van der Waals surface area contributed by atoms with Crippen LogP contribution in [0.2, 0.25) is 0 Å². The summed E-state index contributed by atoms with van der Waals surface area (Å²) in [6.45, 7) is 3.98. The standard InChI is InChI=1S/C13H15NO2/c1-3-12(13(15)16-4-2)8-7-11-6-5-9-14-10-11/h3,5-10H,4H2,1-2H3/b8-7+,12-3+. The molecule has 1 heterocycles. The second-order valence-electron chi connectivity index (χ2n) is 3.08. The fraction of sp³-hybridized carbons (Fsp3) is 0.231. The van der Waals surface area contributed by atoms with Gasteiger partial charge in [-0.2, -0.15) is 0 Å². The summed E-state index contributed by atoms with van der Waals surface area (Å²) in [5.74, 6) is -0.301. The number of pyridine rings is 1. The van der Waals surface area contributed by atoms with E-state index in [1.807, 2.05) is 18.2 Å². The van der Waals surface area contributed by atoms with Gasteiger partial charge < -0.3 is 4.74 Å². The summed E-state index contributed by atoms with van der Waals surface area (Å²) in [7, 11) is 0. The van der Waals surface area contributed by atoms with Crippen LogP contribution in [0.15, 0.2) is 42.3 Å². The number of esters is 1. The van der Waals surface area contributed by atoms with E-state index >= 15 is 0 Å². The molecule has 0 spiro atoms. The smallest absolute Gasteiger partial charge is 0.337 e. The van der Waals surface area contributed by atoms with Crippen molar-refractivity contribution in [3.8, 4) is 0 Å². The Hall–Kier alpha value is -1.90. The first-order chi connectivity index (χ1) is 7.77. The molecule has 0 aliphatic carbocycles. The largest absolute Gasteiger partial charge is 0.462 e. The van der Waals surface area contributed by atoms with E-state index in [4.69, 9.17) is 4.74 Å². The molecule has 3 heteroatoms. The van der Waals surface area contributed by atoms with Gasteiger partial charge in [-0.15, -0.1) is 0 Å². The third kappa shape index (κ3) is 3.69. The Kier molecular flexibility index (Phi) is 4.99. The number of hydrogen-bond acceptors (Lipinski definition) is 3. The molecule has 0 amide bonds. The molecule has 0 saturated carbocycles. The monoisotopic (exact) mass is 217 g/mol. The summed E-state index contributed by atoms with van der Waals surface area (Å²) in [4.78, 5) is 15.4. The van der Waals surface area contributed by atoms with Crippen LogP contribution in [-0.4, -0.2) is 17.6 Å². The zero-order chi connectivity index (χ0) is 11.8. The Morgan fingerprint density at radius 3 is 2.94 bits per heavy atom. The zero-order valence-electron chi connectivity index (χ0n) is 9.51. The van der Waals surface area contributed by atoms with Gasteiger partial charge in [-0.05, 0) is 31.6 Å². The molecule has 0 bridgehead atoms. The fourth-order valence-corrected chi connectivity index (χ4v) is 1.16.